The molecule has 134 valence electrons. The molecule has 1 aromatic heterocycles. The Kier molecular flexibility index (Phi) is 5.68. The minimum atomic E-state index is -0.265. The van der Waals surface area contributed by atoms with Gasteiger partial charge in [-0.15, -0.1) is 0 Å². The molecule has 3 rings (SSSR count). The maximum Gasteiger partial charge on any atom is 0.254 e. The molecule has 4 nitrogen and oxygen atoms in total. The Morgan fingerprint density at radius 1 is 1.23 bits per heavy atom. The van der Waals surface area contributed by atoms with Crippen molar-refractivity contribution < 1.29 is 9.18 Å². The van der Waals surface area contributed by atoms with E-state index >= 15 is 0 Å². The maximum absolute atomic E-state index is 12.9. The SMILES string of the molecule is CCc1c(C(=O)NCCc2ccc(F)cc2)cnn1-c1cccc(Cl)c1. The van der Waals surface area contributed by atoms with E-state index in [4.69, 9.17) is 11.6 Å². The normalized spacial score (nSPS) is 10.7. The molecule has 3 aromatic rings. The summed E-state index contributed by atoms with van der Waals surface area (Å²) in [6.07, 6.45) is 2.87. The number of carbonyl (C=O) groups is 1. The highest BCUT2D eigenvalue weighted by Gasteiger charge is 2.17. The summed E-state index contributed by atoms with van der Waals surface area (Å²) < 4.78 is 14.7. The highest BCUT2D eigenvalue weighted by atomic mass is 35.5. The zero-order valence-corrected chi connectivity index (χ0v) is 15.1. The topological polar surface area (TPSA) is 46.9 Å². The minimum absolute atomic E-state index is 0.169. The van der Waals surface area contributed by atoms with Crippen LogP contribution in [0.4, 0.5) is 4.39 Å². The Balaban J connectivity index is 1.70. The number of benzene rings is 2. The van der Waals surface area contributed by atoms with Gasteiger partial charge in [0.1, 0.15) is 5.82 Å². The molecular formula is C20H19ClFN3O. The van der Waals surface area contributed by atoms with Gasteiger partial charge < -0.3 is 5.32 Å². The molecule has 1 amide bonds. The fourth-order valence-corrected chi connectivity index (χ4v) is 2.99. The van der Waals surface area contributed by atoms with Crippen LogP contribution in [-0.2, 0) is 12.8 Å². The number of aromatic nitrogens is 2. The Morgan fingerprint density at radius 3 is 2.69 bits per heavy atom. The van der Waals surface area contributed by atoms with Crippen LogP contribution >= 0.6 is 11.6 Å². The summed E-state index contributed by atoms with van der Waals surface area (Å²) in [5, 5.41) is 7.87. The third kappa shape index (κ3) is 4.11. The Bertz CT molecular complexity index is 906. The van der Waals surface area contributed by atoms with E-state index in [0.29, 0.717) is 30.0 Å². The lowest BCUT2D eigenvalue weighted by Gasteiger charge is -2.09. The number of amides is 1. The van der Waals surface area contributed by atoms with Crippen LogP contribution in [0.2, 0.25) is 5.02 Å². The second kappa shape index (κ2) is 8.15. The third-order valence-electron chi connectivity index (χ3n) is 4.11. The maximum atomic E-state index is 12.9. The van der Waals surface area contributed by atoms with Gasteiger partial charge in [0.05, 0.1) is 23.1 Å². The number of nitrogens with one attached hydrogen (secondary N) is 1. The van der Waals surface area contributed by atoms with Gasteiger partial charge in [0.25, 0.3) is 5.91 Å². The van der Waals surface area contributed by atoms with E-state index in [1.807, 2.05) is 25.1 Å². The summed E-state index contributed by atoms with van der Waals surface area (Å²) >= 11 is 6.05. The molecule has 0 aliphatic carbocycles. The van der Waals surface area contributed by atoms with Crippen LogP contribution in [0.1, 0.15) is 28.5 Å². The van der Waals surface area contributed by atoms with Crippen molar-refractivity contribution in [2.24, 2.45) is 0 Å². The smallest absolute Gasteiger partial charge is 0.254 e. The molecule has 0 fully saturated rings. The summed E-state index contributed by atoms with van der Waals surface area (Å²) in [6, 6.07) is 13.6. The summed E-state index contributed by atoms with van der Waals surface area (Å²) in [7, 11) is 0. The van der Waals surface area contributed by atoms with Gasteiger partial charge in [0, 0.05) is 11.6 Å². The first-order valence-electron chi connectivity index (χ1n) is 8.44. The van der Waals surface area contributed by atoms with Crippen molar-refractivity contribution in [3.63, 3.8) is 0 Å². The summed E-state index contributed by atoms with van der Waals surface area (Å²) in [5.41, 5.74) is 3.16. The van der Waals surface area contributed by atoms with E-state index in [-0.39, 0.29) is 11.7 Å². The number of hydrogen-bond donors (Lipinski definition) is 1. The molecule has 0 saturated heterocycles. The second-order valence-corrected chi connectivity index (χ2v) is 6.32. The quantitative estimate of drug-likeness (QED) is 0.706. The fourth-order valence-electron chi connectivity index (χ4n) is 2.80. The first-order chi connectivity index (χ1) is 12.6. The van der Waals surface area contributed by atoms with Crippen LogP contribution < -0.4 is 5.32 Å². The molecule has 0 radical (unpaired) electrons. The lowest BCUT2D eigenvalue weighted by atomic mass is 10.1. The van der Waals surface area contributed by atoms with Crippen LogP contribution in [0.3, 0.4) is 0 Å². The average molecular weight is 372 g/mol. The minimum Gasteiger partial charge on any atom is -0.352 e. The van der Waals surface area contributed by atoms with E-state index in [0.717, 1.165) is 16.9 Å². The molecule has 0 saturated carbocycles. The predicted molar refractivity (Wildman–Crippen MR) is 100 cm³/mol. The number of hydrogen-bond acceptors (Lipinski definition) is 2. The van der Waals surface area contributed by atoms with Crippen LogP contribution in [0.25, 0.3) is 5.69 Å². The lowest BCUT2D eigenvalue weighted by molar-refractivity contribution is 0.0953. The van der Waals surface area contributed by atoms with Gasteiger partial charge in [-0.3, -0.25) is 4.79 Å². The van der Waals surface area contributed by atoms with Crippen molar-refractivity contribution >= 4 is 17.5 Å². The van der Waals surface area contributed by atoms with Crippen molar-refractivity contribution in [3.8, 4) is 5.69 Å². The van der Waals surface area contributed by atoms with Gasteiger partial charge in [0.15, 0.2) is 0 Å². The number of rotatable bonds is 6. The predicted octanol–water partition coefficient (Wildman–Crippen LogP) is 4.20. The van der Waals surface area contributed by atoms with Crippen molar-refractivity contribution in [3.05, 3.63) is 82.4 Å². The highest BCUT2D eigenvalue weighted by molar-refractivity contribution is 6.30. The molecule has 1 heterocycles. The Morgan fingerprint density at radius 2 is 2.00 bits per heavy atom. The first-order valence-corrected chi connectivity index (χ1v) is 8.81. The van der Waals surface area contributed by atoms with Crippen LogP contribution in [0, 0.1) is 5.82 Å². The monoisotopic (exact) mass is 371 g/mol. The van der Waals surface area contributed by atoms with E-state index in [1.165, 1.54) is 12.1 Å². The second-order valence-electron chi connectivity index (χ2n) is 5.88. The van der Waals surface area contributed by atoms with Gasteiger partial charge in [-0.1, -0.05) is 36.7 Å². The summed E-state index contributed by atoms with van der Waals surface area (Å²) in [6.45, 7) is 2.45. The lowest BCUT2D eigenvalue weighted by Crippen LogP contribution is -2.26. The zero-order valence-electron chi connectivity index (χ0n) is 14.4. The third-order valence-corrected chi connectivity index (χ3v) is 4.35. The van der Waals surface area contributed by atoms with Crippen molar-refractivity contribution in [2.45, 2.75) is 19.8 Å². The molecule has 0 aliphatic rings. The Hall–Kier alpha value is -2.66. The van der Waals surface area contributed by atoms with Gasteiger partial charge in [-0.25, -0.2) is 9.07 Å². The van der Waals surface area contributed by atoms with E-state index in [9.17, 15) is 9.18 Å². The molecule has 0 aliphatic heterocycles. The molecular weight excluding hydrogens is 353 g/mol. The summed E-state index contributed by atoms with van der Waals surface area (Å²) in [4.78, 5) is 12.5. The van der Waals surface area contributed by atoms with Crippen LogP contribution in [-0.4, -0.2) is 22.2 Å². The van der Waals surface area contributed by atoms with Crippen molar-refractivity contribution in [1.82, 2.24) is 15.1 Å². The number of halogens is 2. The first kappa shape index (κ1) is 18.1. The molecule has 0 spiro atoms. The van der Waals surface area contributed by atoms with Crippen molar-refractivity contribution in [2.75, 3.05) is 6.54 Å². The van der Waals surface area contributed by atoms with Gasteiger partial charge >= 0.3 is 0 Å². The zero-order chi connectivity index (χ0) is 18.5. The molecule has 2 aromatic carbocycles. The molecule has 26 heavy (non-hydrogen) atoms. The molecule has 0 atom stereocenters. The Labute approximate surface area is 156 Å². The largest absolute Gasteiger partial charge is 0.352 e. The molecule has 0 unspecified atom stereocenters. The fraction of sp³-hybridized carbons (Fsp3) is 0.200. The molecule has 6 heteroatoms. The van der Waals surface area contributed by atoms with Gasteiger partial charge in [-0.2, -0.15) is 5.10 Å². The molecule has 0 bridgehead atoms. The standard InChI is InChI=1S/C20H19ClFN3O/c1-2-19-18(13-24-25(19)17-5-3-4-15(21)12-17)20(26)23-11-10-14-6-8-16(22)9-7-14/h3-9,12-13H,2,10-11H2,1H3,(H,23,26). The highest BCUT2D eigenvalue weighted by Crippen LogP contribution is 2.19. The van der Waals surface area contributed by atoms with Crippen LogP contribution in [0.15, 0.2) is 54.7 Å². The van der Waals surface area contributed by atoms with Gasteiger partial charge in [0.2, 0.25) is 0 Å². The number of nitrogens with zero attached hydrogens (tertiary/aromatic N) is 2. The average Bonchev–Trinajstić information content (AvgIpc) is 3.07. The molecule has 1 N–H and O–H groups in total. The number of carbonyl (C=O) groups excluding carboxylic acids is 1. The van der Waals surface area contributed by atoms with E-state index in [2.05, 4.69) is 10.4 Å². The van der Waals surface area contributed by atoms with Crippen LogP contribution in [0.5, 0.6) is 0 Å². The van der Waals surface area contributed by atoms with Gasteiger partial charge in [-0.05, 0) is 48.7 Å². The van der Waals surface area contributed by atoms with Crippen molar-refractivity contribution in [1.29, 1.82) is 0 Å². The summed E-state index contributed by atoms with van der Waals surface area (Å²) in [5.74, 6) is -0.434. The van der Waals surface area contributed by atoms with E-state index in [1.54, 1.807) is 29.1 Å². The van der Waals surface area contributed by atoms with E-state index < -0.39 is 0 Å².